The summed E-state index contributed by atoms with van der Waals surface area (Å²) in [7, 11) is -1.72. The summed E-state index contributed by atoms with van der Waals surface area (Å²) in [5, 5.41) is 0. The fraction of sp³-hybridized carbons (Fsp3) is 0.750. The molecule has 0 nitrogen and oxygen atoms in total. The molecule has 0 rings (SSSR count). The zero-order valence-corrected chi connectivity index (χ0v) is 12.5. The van der Waals surface area contributed by atoms with Gasteiger partial charge in [0, 0.05) is 0 Å². The number of hydrogen-bond donors (Lipinski definition) is 0. The Labute approximate surface area is 90.1 Å². The van der Waals surface area contributed by atoms with Crippen molar-refractivity contribution in [2.24, 2.45) is 0 Å². The molecule has 0 aromatic carbocycles. The van der Waals surface area contributed by atoms with Gasteiger partial charge in [-0.1, -0.05) is 39.3 Å². The fourth-order valence-electron chi connectivity index (χ4n) is 0. The predicted molar refractivity (Wildman–Crippen MR) is 57.4 cm³/mol. The minimum Gasteiger partial charge on any atom is -0.342 e. The quantitative estimate of drug-likeness (QED) is 0.435. The summed E-state index contributed by atoms with van der Waals surface area (Å²) >= 11 is 0. The van der Waals surface area contributed by atoms with E-state index < -0.39 is 16.1 Å². The van der Waals surface area contributed by atoms with Crippen molar-refractivity contribution in [3.63, 3.8) is 0 Å². The van der Waals surface area contributed by atoms with Gasteiger partial charge in [-0.2, -0.15) is 0 Å². The Morgan fingerprint density at radius 3 is 0.636 bits per heavy atom. The Bertz CT molecular complexity index is 55.1. The third kappa shape index (κ3) is 708. The summed E-state index contributed by atoms with van der Waals surface area (Å²) in [6.45, 7) is 21.1. The van der Waals surface area contributed by atoms with E-state index in [0.29, 0.717) is 0 Å². The van der Waals surface area contributed by atoms with E-state index in [2.05, 4.69) is 52.4 Å². The molecular weight excluding hydrogens is 200 g/mol. The second kappa shape index (κ2) is 6.64. The van der Waals surface area contributed by atoms with Crippen LogP contribution in [0.25, 0.3) is 0 Å². The molecule has 0 bridgehead atoms. The van der Waals surface area contributed by atoms with Crippen LogP contribution in [0.5, 0.6) is 0 Å². The summed E-state index contributed by atoms with van der Waals surface area (Å²) in [4.78, 5) is 0. The van der Waals surface area contributed by atoms with Crippen LogP contribution in [0.3, 0.4) is 0 Å². The maximum atomic E-state index is 3.91. The van der Waals surface area contributed by atoms with E-state index in [1.165, 1.54) is 0 Å². The van der Waals surface area contributed by atoms with Gasteiger partial charge in [-0.05, 0) is 0 Å². The minimum atomic E-state index is -0.861. The second-order valence-corrected chi connectivity index (χ2v) is 15.4. The third-order valence-corrected chi connectivity index (χ3v) is 0. The molecule has 0 aliphatic rings. The molecule has 0 amide bonds. The van der Waals surface area contributed by atoms with Crippen molar-refractivity contribution in [2.75, 3.05) is 0 Å². The van der Waals surface area contributed by atoms with Crippen LogP contribution in [0.15, 0.2) is 0 Å². The number of rotatable bonds is 0. The minimum absolute atomic E-state index is 0. The van der Waals surface area contributed by atoms with Crippen molar-refractivity contribution in [1.29, 1.82) is 0 Å². The van der Waals surface area contributed by atoms with Gasteiger partial charge in [0.25, 0.3) is 0 Å². The number of hydrogen-bond acceptors (Lipinski definition) is 0. The Morgan fingerprint density at radius 1 is 0.636 bits per heavy atom. The van der Waals surface area contributed by atoms with Crippen molar-refractivity contribution in [1.82, 2.24) is 0 Å². The summed E-state index contributed by atoms with van der Waals surface area (Å²) in [6.07, 6.45) is 0. The maximum Gasteiger partial charge on any atom is 2.00 e. The maximum absolute atomic E-state index is 3.91. The van der Waals surface area contributed by atoms with Gasteiger partial charge in [-0.3, -0.25) is 0 Å². The fourth-order valence-corrected chi connectivity index (χ4v) is 0. The van der Waals surface area contributed by atoms with Crippen molar-refractivity contribution < 1.29 is 21.7 Å². The zero-order valence-electron chi connectivity index (χ0n) is 8.91. The molecule has 0 fully saturated rings. The normalized spacial score (nSPS) is 10.9. The molecule has 3 heteroatoms. The molecule has 0 aliphatic carbocycles. The first-order valence-corrected chi connectivity index (χ1v) is 11.1. The third-order valence-electron chi connectivity index (χ3n) is 0. The Hall–Kier alpha value is 1.15. The molecule has 0 atom stereocenters. The van der Waals surface area contributed by atoms with Gasteiger partial charge in [0.1, 0.15) is 0 Å². The van der Waals surface area contributed by atoms with E-state index in [9.17, 15) is 0 Å². The first-order valence-electron chi connectivity index (χ1n) is 3.71. The molecule has 0 aromatic rings. The van der Waals surface area contributed by atoms with E-state index in [1.54, 1.807) is 0 Å². The van der Waals surface area contributed by atoms with Gasteiger partial charge in [-0.25, -0.2) is 0 Å². The van der Waals surface area contributed by atoms with Crippen LogP contribution in [-0.2, 0) is 21.7 Å². The van der Waals surface area contributed by atoms with E-state index >= 15 is 0 Å². The van der Waals surface area contributed by atoms with Crippen molar-refractivity contribution >= 4 is 16.1 Å². The summed E-state index contributed by atoms with van der Waals surface area (Å²) < 4.78 is 0. The van der Waals surface area contributed by atoms with Crippen LogP contribution in [0.4, 0.5) is 0 Å². The second-order valence-electron chi connectivity index (χ2n) is 5.12. The molecule has 0 spiro atoms. The van der Waals surface area contributed by atoms with E-state index in [-0.39, 0.29) is 21.7 Å². The average Bonchev–Trinajstić information content (AvgIpc) is 1.12. The van der Waals surface area contributed by atoms with Gasteiger partial charge in [0.05, 0.1) is 0 Å². The molecule has 0 aliphatic heterocycles. The Kier molecular flexibility index (Phi) is 10.9. The molecular formula is C8H22Si2Ti. The van der Waals surface area contributed by atoms with Crippen LogP contribution < -0.4 is 0 Å². The van der Waals surface area contributed by atoms with Crippen molar-refractivity contribution in [2.45, 2.75) is 39.3 Å². The average molecular weight is 222 g/mol. The standard InChI is InChI=1S/2C4H11Si.Ti/c2*1-5(2,3)4;/h2*1H2,2-4H3;/q2*-1;+2. The molecule has 11 heavy (non-hydrogen) atoms. The van der Waals surface area contributed by atoms with E-state index in [4.69, 9.17) is 0 Å². The molecule has 0 N–H and O–H groups in total. The molecule has 0 saturated carbocycles. The Balaban J connectivity index is -0.000000107. The van der Waals surface area contributed by atoms with Crippen LogP contribution in [-0.4, -0.2) is 16.1 Å². The van der Waals surface area contributed by atoms with E-state index in [0.717, 1.165) is 0 Å². The molecule has 66 valence electrons. The summed E-state index contributed by atoms with van der Waals surface area (Å²) in [6, 6.07) is 0. The monoisotopic (exact) mass is 222 g/mol. The Morgan fingerprint density at radius 2 is 0.636 bits per heavy atom. The van der Waals surface area contributed by atoms with Crippen LogP contribution in [0.1, 0.15) is 0 Å². The van der Waals surface area contributed by atoms with Crippen LogP contribution >= 0.6 is 0 Å². The molecule has 0 radical (unpaired) electrons. The van der Waals surface area contributed by atoms with Gasteiger partial charge < -0.3 is 13.1 Å². The first kappa shape index (κ1) is 18.0. The van der Waals surface area contributed by atoms with Gasteiger partial charge in [-0.15, -0.1) is 16.1 Å². The topological polar surface area (TPSA) is 0 Å². The SMILES string of the molecule is [CH2-][Si](C)(C)C.[CH2-][Si](C)(C)C.[Ti+2]. The zero-order chi connectivity index (χ0) is 9.00. The molecule has 0 saturated heterocycles. The van der Waals surface area contributed by atoms with Crippen LogP contribution in [0, 0.1) is 13.1 Å². The van der Waals surface area contributed by atoms with Gasteiger partial charge in [0.2, 0.25) is 0 Å². The predicted octanol–water partition coefficient (Wildman–Crippen LogP) is 3.39. The smallest absolute Gasteiger partial charge is 0.342 e. The van der Waals surface area contributed by atoms with Crippen molar-refractivity contribution in [3.8, 4) is 0 Å². The van der Waals surface area contributed by atoms with E-state index in [1.807, 2.05) is 0 Å². The molecule has 0 heterocycles. The largest absolute Gasteiger partial charge is 2.00 e. The van der Waals surface area contributed by atoms with Gasteiger partial charge in [0.15, 0.2) is 0 Å². The van der Waals surface area contributed by atoms with Gasteiger partial charge >= 0.3 is 21.7 Å². The van der Waals surface area contributed by atoms with Crippen LogP contribution in [0.2, 0.25) is 39.3 Å². The summed E-state index contributed by atoms with van der Waals surface area (Å²) in [5.74, 6) is 0. The summed E-state index contributed by atoms with van der Waals surface area (Å²) in [5.41, 5.74) is 0. The van der Waals surface area contributed by atoms with Crippen molar-refractivity contribution in [3.05, 3.63) is 13.1 Å². The molecule has 0 unspecified atom stereocenters. The first-order chi connectivity index (χ1) is 4.00. The molecule has 0 aromatic heterocycles.